The van der Waals surface area contributed by atoms with Gasteiger partial charge in [0.15, 0.2) is 5.78 Å². The summed E-state index contributed by atoms with van der Waals surface area (Å²) in [4.78, 5) is 37.0. The molecular formula is C22H26FN3O5S. The van der Waals surface area contributed by atoms with E-state index in [1.807, 2.05) is 0 Å². The molecule has 0 aliphatic heterocycles. The zero-order chi connectivity index (χ0) is 23.9. The third-order valence-corrected chi connectivity index (χ3v) is 6.64. The number of hydrogen-bond donors (Lipinski definition) is 1. The van der Waals surface area contributed by atoms with Crippen LogP contribution in [0.4, 0.5) is 10.1 Å². The molecule has 0 aliphatic rings. The Morgan fingerprint density at radius 3 is 2.12 bits per heavy atom. The maximum absolute atomic E-state index is 12.9. The number of carbonyl (C=O) groups is 3. The van der Waals surface area contributed by atoms with Crippen molar-refractivity contribution in [2.24, 2.45) is 0 Å². The summed E-state index contributed by atoms with van der Waals surface area (Å²) in [5, 5.41) is 2.57. The summed E-state index contributed by atoms with van der Waals surface area (Å²) in [6, 6.07) is 10.9. The average Bonchev–Trinajstić information content (AvgIpc) is 2.75. The zero-order valence-electron chi connectivity index (χ0n) is 18.2. The smallest absolute Gasteiger partial charge is 0.243 e. The maximum Gasteiger partial charge on any atom is 0.243 e. The first kappa shape index (κ1) is 25.2. The van der Waals surface area contributed by atoms with Gasteiger partial charge in [0, 0.05) is 38.3 Å². The topological polar surface area (TPSA) is 104 Å². The Morgan fingerprint density at radius 1 is 0.969 bits per heavy atom. The van der Waals surface area contributed by atoms with Crippen LogP contribution in [0, 0.1) is 5.82 Å². The van der Waals surface area contributed by atoms with E-state index >= 15 is 0 Å². The van der Waals surface area contributed by atoms with Gasteiger partial charge in [-0.15, -0.1) is 0 Å². The van der Waals surface area contributed by atoms with Crippen LogP contribution in [-0.4, -0.2) is 62.4 Å². The molecule has 32 heavy (non-hydrogen) atoms. The van der Waals surface area contributed by atoms with Gasteiger partial charge in [-0.2, -0.15) is 0 Å². The summed E-state index contributed by atoms with van der Waals surface area (Å²) in [6.07, 6.45) is 0.327. The predicted molar refractivity (Wildman–Crippen MR) is 118 cm³/mol. The highest BCUT2D eigenvalue weighted by atomic mass is 32.2. The fraction of sp³-hybridized carbons (Fsp3) is 0.318. The Hall–Kier alpha value is -3.11. The van der Waals surface area contributed by atoms with Gasteiger partial charge in [-0.05, 0) is 49.7 Å². The Balaban J connectivity index is 1.82. The number of rotatable bonds is 10. The SMILES string of the molecule is CC(=O)c1ccc(S(=O)(=O)N(C)CCCC(=O)N(C)CC(=O)Nc2ccc(F)cc2)cc1. The number of nitrogens with zero attached hydrogens (tertiary/aromatic N) is 2. The van der Waals surface area contributed by atoms with Gasteiger partial charge in [0.25, 0.3) is 0 Å². The van der Waals surface area contributed by atoms with E-state index < -0.39 is 21.7 Å². The second-order valence-electron chi connectivity index (χ2n) is 7.32. The molecule has 0 unspecified atom stereocenters. The van der Waals surface area contributed by atoms with Crippen LogP contribution in [0.2, 0.25) is 0 Å². The van der Waals surface area contributed by atoms with Crippen molar-refractivity contribution in [2.75, 3.05) is 32.5 Å². The molecule has 2 rings (SSSR count). The number of sulfonamides is 1. The molecule has 0 spiro atoms. The van der Waals surface area contributed by atoms with Crippen LogP contribution < -0.4 is 5.32 Å². The van der Waals surface area contributed by atoms with Crippen molar-refractivity contribution in [1.29, 1.82) is 0 Å². The van der Waals surface area contributed by atoms with Crippen LogP contribution in [-0.2, 0) is 19.6 Å². The van der Waals surface area contributed by atoms with E-state index in [0.717, 1.165) is 4.31 Å². The molecule has 172 valence electrons. The second-order valence-corrected chi connectivity index (χ2v) is 9.36. The first-order valence-electron chi connectivity index (χ1n) is 9.87. The van der Waals surface area contributed by atoms with Crippen LogP contribution >= 0.6 is 0 Å². The lowest BCUT2D eigenvalue weighted by Gasteiger charge is -2.19. The highest BCUT2D eigenvalue weighted by Gasteiger charge is 2.21. The molecule has 0 bridgehead atoms. The molecule has 0 saturated heterocycles. The summed E-state index contributed by atoms with van der Waals surface area (Å²) in [6.45, 7) is 1.32. The largest absolute Gasteiger partial charge is 0.336 e. The van der Waals surface area contributed by atoms with Crippen molar-refractivity contribution in [3.05, 3.63) is 59.9 Å². The molecule has 2 aromatic rings. The molecule has 8 nitrogen and oxygen atoms in total. The normalized spacial score (nSPS) is 11.3. The minimum Gasteiger partial charge on any atom is -0.336 e. The molecule has 0 radical (unpaired) electrons. The molecular weight excluding hydrogens is 437 g/mol. The Morgan fingerprint density at radius 2 is 1.56 bits per heavy atom. The third-order valence-electron chi connectivity index (χ3n) is 4.77. The van der Waals surface area contributed by atoms with Crippen molar-refractivity contribution in [1.82, 2.24) is 9.21 Å². The Kier molecular flexibility index (Phi) is 8.62. The summed E-state index contributed by atoms with van der Waals surface area (Å²) in [5.74, 6) is -1.32. The Labute approximate surface area is 187 Å². The number of ketones is 1. The number of amides is 2. The van der Waals surface area contributed by atoms with Gasteiger partial charge in [0.2, 0.25) is 21.8 Å². The van der Waals surface area contributed by atoms with Crippen LogP contribution in [0.3, 0.4) is 0 Å². The number of benzene rings is 2. The summed E-state index contributed by atoms with van der Waals surface area (Å²) < 4.78 is 39.3. The number of nitrogens with one attached hydrogen (secondary N) is 1. The number of carbonyl (C=O) groups excluding carboxylic acids is 3. The van der Waals surface area contributed by atoms with Crippen molar-refractivity contribution < 1.29 is 27.2 Å². The van der Waals surface area contributed by atoms with E-state index in [1.165, 1.54) is 74.4 Å². The first-order chi connectivity index (χ1) is 15.0. The van der Waals surface area contributed by atoms with Gasteiger partial charge in [-0.3, -0.25) is 14.4 Å². The second kappa shape index (κ2) is 11.0. The van der Waals surface area contributed by atoms with Gasteiger partial charge in [0.1, 0.15) is 5.82 Å². The number of likely N-dealkylation sites (N-methyl/N-ethyl adjacent to an activating group) is 1. The lowest BCUT2D eigenvalue weighted by atomic mass is 10.2. The minimum absolute atomic E-state index is 0.0590. The molecule has 0 aromatic heterocycles. The number of halogens is 1. The van der Waals surface area contributed by atoms with Crippen LogP contribution in [0.5, 0.6) is 0 Å². The predicted octanol–water partition coefficient (Wildman–Crippen LogP) is 2.53. The molecule has 0 atom stereocenters. The van der Waals surface area contributed by atoms with Crippen molar-refractivity contribution in [3.8, 4) is 0 Å². The van der Waals surface area contributed by atoms with Crippen LogP contribution in [0.15, 0.2) is 53.4 Å². The summed E-state index contributed by atoms with van der Waals surface area (Å²) in [7, 11) is -0.859. The first-order valence-corrected chi connectivity index (χ1v) is 11.3. The molecule has 1 N–H and O–H groups in total. The minimum atomic E-state index is -3.75. The fourth-order valence-corrected chi connectivity index (χ4v) is 4.05. The van der Waals surface area contributed by atoms with E-state index in [0.29, 0.717) is 11.3 Å². The molecule has 2 amide bonds. The molecule has 0 aliphatic carbocycles. The standard InChI is InChI=1S/C22H26FN3O5S/c1-16(27)17-6-12-20(13-7-17)32(30,31)26(3)14-4-5-22(29)25(2)15-21(28)24-19-10-8-18(23)9-11-19/h6-13H,4-5,14-15H2,1-3H3,(H,24,28). The summed E-state index contributed by atoms with van der Waals surface area (Å²) >= 11 is 0. The number of hydrogen-bond acceptors (Lipinski definition) is 5. The number of Topliss-reactive ketones (excluding diaryl/α,β-unsaturated/α-hetero) is 1. The third kappa shape index (κ3) is 6.96. The quantitative estimate of drug-likeness (QED) is 0.546. The summed E-state index contributed by atoms with van der Waals surface area (Å²) in [5.41, 5.74) is 0.837. The Bertz CT molecular complexity index is 1070. The van der Waals surface area contributed by atoms with Gasteiger partial charge >= 0.3 is 0 Å². The van der Waals surface area contributed by atoms with E-state index in [4.69, 9.17) is 0 Å². The lowest BCUT2D eigenvalue weighted by Crippen LogP contribution is -2.35. The van der Waals surface area contributed by atoms with Gasteiger partial charge in [-0.25, -0.2) is 17.1 Å². The molecule has 0 saturated carbocycles. The van der Waals surface area contributed by atoms with E-state index in [1.54, 1.807) is 0 Å². The molecule has 0 fully saturated rings. The van der Waals surface area contributed by atoms with Gasteiger partial charge in [-0.1, -0.05) is 12.1 Å². The highest BCUT2D eigenvalue weighted by Crippen LogP contribution is 2.16. The van der Waals surface area contributed by atoms with Gasteiger partial charge in [0.05, 0.1) is 11.4 Å². The number of anilines is 1. The monoisotopic (exact) mass is 463 g/mol. The van der Waals surface area contributed by atoms with Crippen molar-refractivity contribution in [3.63, 3.8) is 0 Å². The highest BCUT2D eigenvalue weighted by molar-refractivity contribution is 7.89. The van der Waals surface area contributed by atoms with E-state index in [-0.39, 0.29) is 42.5 Å². The van der Waals surface area contributed by atoms with Gasteiger partial charge < -0.3 is 10.2 Å². The molecule has 10 heteroatoms. The molecule has 2 aromatic carbocycles. The van der Waals surface area contributed by atoms with Crippen LogP contribution in [0.25, 0.3) is 0 Å². The zero-order valence-corrected chi connectivity index (χ0v) is 19.0. The van der Waals surface area contributed by atoms with E-state index in [9.17, 15) is 27.2 Å². The van der Waals surface area contributed by atoms with Crippen LogP contribution in [0.1, 0.15) is 30.1 Å². The van der Waals surface area contributed by atoms with Crippen molar-refractivity contribution in [2.45, 2.75) is 24.7 Å². The van der Waals surface area contributed by atoms with Crippen molar-refractivity contribution >= 4 is 33.3 Å². The fourth-order valence-electron chi connectivity index (χ4n) is 2.84. The van der Waals surface area contributed by atoms with E-state index in [2.05, 4.69) is 5.32 Å². The lowest BCUT2D eigenvalue weighted by molar-refractivity contribution is -0.133. The average molecular weight is 464 g/mol. The maximum atomic E-state index is 12.9. The molecule has 0 heterocycles.